The number of rotatable bonds is 18. The van der Waals surface area contributed by atoms with Gasteiger partial charge < -0.3 is 10.2 Å². The van der Waals surface area contributed by atoms with Gasteiger partial charge in [-0.3, -0.25) is 0 Å². The highest BCUT2D eigenvalue weighted by atomic mass is 16.3. The van der Waals surface area contributed by atoms with Crippen molar-refractivity contribution in [3.05, 3.63) is 71.9 Å². The lowest BCUT2D eigenvalue weighted by atomic mass is 9.80. The lowest BCUT2D eigenvalue weighted by molar-refractivity contribution is -0.00671. The van der Waals surface area contributed by atoms with Gasteiger partial charge in [-0.1, -0.05) is 99.6 Å². The molecular weight excluding hydrogens is 452 g/mol. The van der Waals surface area contributed by atoms with Crippen LogP contribution in [-0.2, 0) is 0 Å². The SMILES string of the molecule is CC(/C=C/CC(C)/C=C/C=C(\C)CC[C@H](CCC(C)(C)O)C(C)(C)O)=C\C=C\CC(C)/C=C/CC(C)C. The quantitative estimate of drug-likeness (QED) is 0.142. The van der Waals surface area contributed by atoms with Crippen molar-refractivity contribution in [3.8, 4) is 0 Å². The number of hydrogen-bond acceptors (Lipinski definition) is 2. The minimum Gasteiger partial charge on any atom is -0.390 e. The van der Waals surface area contributed by atoms with E-state index in [0.29, 0.717) is 18.3 Å². The Hall–Kier alpha value is -1.64. The fourth-order valence-electron chi connectivity index (χ4n) is 4.05. The van der Waals surface area contributed by atoms with Crippen LogP contribution >= 0.6 is 0 Å². The molecule has 0 bridgehead atoms. The van der Waals surface area contributed by atoms with Crippen molar-refractivity contribution in [2.24, 2.45) is 23.7 Å². The normalized spacial score (nSPS) is 17.2. The summed E-state index contributed by atoms with van der Waals surface area (Å²) < 4.78 is 0. The van der Waals surface area contributed by atoms with Gasteiger partial charge in [-0.2, -0.15) is 0 Å². The van der Waals surface area contributed by atoms with Crippen LogP contribution in [0, 0.1) is 23.7 Å². The van der Waals surface area contributed by atoms with Gasteiger partial charge in [-0.05, 0) is 110 Å². The van der Waals surface area contributed by atoms with Crippen LogP contribution in [0.15, 0.2) is 71.9 Å². The average molecular weight is 513 g/mol. The third kappa shape index (κ3) is 22.1. The molecule has 0 heterocycles. The molecule has 0 rings (SSSR count). The van der Waals surface area contributed by atoms with E-state index in [2.05, 4.69) is 102 Å². The molecule has 37 heavy (non-hydrogen) atoms. The predicted octanol–water partition coefficient (Wildman–Crippen LogP) is 9.92. The Bertz CT molecular complexity index is 775. The first kappa shape index (κ1) is 35.4. The zero-order valence-corrected chi connectivity index (χ0v) is 25.9. The molecular formula is C35H60O2. The maximum absolute atomic E-state index is 10.6. The van der Waals surface area contributed by atoms with Crippen LogP contribution in [0.2, 0.25) is 0 Å². The van der Waals surface area contributed by atoms with Crippen LogP contribution in [0.5, 0.6) is 0 Å². The van der Waals surface area contributed by atoms with Crippen LogP contribution in [0.1, 0.15) is 114 Å². The Morgan fingerprint density at radius 3 is 1.95 bits per heavy atom. The molecule has 0 amide bonds. The van der Waals surface area contributed by atoms with Crippen LogP contribution in [0.4, 0.5) is 0 Å². The summed E-state index contributed by atoms with van der Waals surface area (Å²) in [5.74, 6) is 1.98. The maximum atomic E-state index is 10.6. The summed E-state index contributed by atoms with van der Waals surface area (Å²) in [5.41, 5.74) is 1.19. The highest BCUT2D eigenvalue weighted by molar-refractivity contribution is 5.22. The minimum absolute atomic E-state index is 0.177. The maximum Gasteiger partial charge on any atom is 0.0619 e. The van der Waals surface area contributed by atoms with Crippen molar-refractivity contribution in [3.63, 3.8) is 0 Å². The van der Waals surface area contributed by atoms with E-state index in [9.17, 15) is 10.2 Å². The molecule has 0 aliphatic heterocycles. The van der Waals surface area contributed by atoms with Crippen molar-refractivity contribution in [2.45, 2.75) is 125 Å². The van der Waals surface area contributed by atoms with E-state index in [-0.39, 0.29) is 5.92 Å². The highest BCUT2D eigenvalue weighted by Gasteiger charge is 2.28. The fraction of sp³-hybridized carbons (Fsp3) is 0.657. The van der Waals surface area contributed by atoms with Crippen LogP contribution in [-0.4, -0.2) is 21.4 Å². The highest BCUT2D eigenvalue weighted by Crippen LogP contribution is 2.30. The Morgan fingerprint density at radius 2 is 1.35 bits per heavy atom. The fourth-order valence-corrected chi connectivity index (χ4v) is 4.05. The number of hydrogen-bond donors (Lipinski definition) is 2. The smallest absolute Gasteiger partial charge is 0.0619 e. The average Bonchev–Trinajstić information content (AvgIpc) is 2.74. The van der Waals surface area contributed by atoms with E-state index in [1.165, 1.54) is 11.1 Å². The molecule has 0 aromatic carbocycles. The Labute approximate surface area is 231 Å². The van der Waals surface area contributed by atoms with Gasteiger partial charge in [0.2, 0.25) is 0 Å². The second kappa shape index (κ2) is 18.6. The molecule has 0 radical (unpaired) electrons. The summed E-state index contributed by atoms with van der Waals surface area (Å²) in [6.45, 7) is 20.8. The monoisotopic (exact) mass is 512 g/mol. The molecule has 0 aliphatic rings. The largest absolute Gasteiger partial charge is 0.390 e. The van der Waals surface area contributed by atoms with Crippen LogP contribution in [0.25, 0.3) is 0 Å². The first-order valence-corrected chi connectivity index (χ1v) is 14.6. The van der Waals surface area contributed by atoms with E-state index < -0.39 is 11.2 Å². The van der Waals surface area contributed by atoms with Gasteiger partial charge in [-0.15, -0.1) is 0 Å². The van der Waals surface area contributed by atoms with Gasteiger partial charge in [0.15, 0.2) is 0 Å². The summed E-state index contributed by atoms with van der Waals surface area (Å²) in [7, 11) is 0. The predicted molar refractivity (Wildman–Crippen MR) is 166 cm³/mol. The summed E-state index contributed by atoms with van der Waals surface area (Å²) in [6.07, 6.45) is 29.1. The first-order chi connectivity index (χ1) is 17.1. The van der Waals surface area contributed by atoms with Gasteiger partial charge in [0, 0.05) is 0 Å². The molecule has 0 saturated carbocycles. The second-order valence-corrected chi connectivity index (χ2v) is 12.9. The van der Waals surface area contributed by atoms with Gasteiger partial charge in [-0.25, -0.2) is 0 Å². The van der Waals surface area contributed by atoms with Crippen molar-refractivity contribution in [1.29, 1.82) is 0 Å². The molecule has 0 aromatic heterocycles. The topological polar surface area (TPSA) is 40.5 Å². The third-order valence-corrected chi connectivity index (χ3v) is 6.77. The van der Waals surface area contributed by atoms with Gasteiger partial charge in [0.05, 0.1) is 11.2 Å². The minimum atomic E-state index is -0.729. The van der Waals surface area contributed by atoms with E-state index in [4.69, 9.17) is 0 Å². The molecule has 212 valence electrons. The molecule has 0 saturated heterocycles. The Kier molecular flexibility index (Phi) is 17.8. The molecule has 3 atom stereocenters. The van der Waals surface area contributed by atoms with E-state index in [1.807, 2.05) is 27.7 Å². The lowest BCUT2D eigenvalue weighted by Gasteiger charge is -2.31. The zero-order valence-electron chi connectivity index (χ0n) is 25.9. The second-order valence-electron chi connectivity index (χ2n) is 12.9. The van der Waals surface area contributed by atoms with Crippen LogP contribution < -0.4 is 0 Å². The van der Waals surface area contributed by atoms with E-state index in [0.717, 1.165) is 44.4 Å². The molecule has 0 aromatic rings. The molecule has 2 nitrogen and oxygen atoms in total. The van der Waals surface area contributed by atoms with E-state index >= 15 is 0 Å². The molecule has 0 fully saturated rings. The standard InChI is InChI=1S/C35H60O2/c1-28(2)16-13-19-29(3)17-11-12-18-30(4)20-14-21-31(5)22-15-23-32(6)24-25-33(35(9,10)37)26-27-34(7,8)36/h11-15,18-20,22-23,28-29,31,33,36-37H,16-17,21,24-27H2,1-10H3/b12-11+,19-13+,20-14+,22-15+,30-18+,32-23+/t29?,31?,33-/m1/s1. The summed E-state index contributed by atoms with van der Waals surface area (Å²) >= 11 is 0. The van der Waals surface area contributed by atoms with Gasteiger partial charge in [0.1, 0.15) is 0 Å². The van der Waals surface area contributed by atoms with Crippen LogP contribution in [0.3, 0.4) is 0 Å². The molecule has 2 heteroatoms. The van der Waals surface area contributed by atoms with Crippen molar-refractivity contribution in [2.75, 3.05) is 0 Å². The third-order valence-electron chi connectivity index (χ3n) is 6.77. The summed E-state index contributed by atoms with van der Waals surface area (Å²) in [6, 6.07) is 0. The van der Waals surface area contributed by atoms with E-state index in [1.54, 1.807) is 0 Å². The summed E-state index contributed by atoms with van der Waals surface area (Å²) in [4.78, 5) is 0. The van der Waals surface area contributed by atoms with Gasteiger partial charge in [0.25, 0.3) is 0 Å². The first-order valence-electron chi connectivity index (χ1n) is 14.6. The molecule has 0 spiro atoms. The molecule has 0 aliphatic carbocycles. The Morgan fingerprint density at radius 1 is 0.730 bits per heavy atom. The lowest BCUT2D eigenvalue weighted by Crippen LogP contribution is -2.33. The number of aliphatic hydroxyl groups is 2. The van der Waals surface area contributed by atoms with Crippen molar-refractivity contribution >= 4 is 0 Å². The van der Waals surface area contributed by atoms with Gasteiger partial charge >= 0.3 is 0 Å². The Balaban J connectivity index is 4.52. The summed E-state index contributed by atoms with van der Waals surface area (Å²) in [5, 5.41) is 20.6. The van der Waals surface area contributed by atoms with Crippen molar-refractivity contribution in [1.82, 2.24) is 0 Å². The van der Waals surface area contributed by atoms with Crippen molar-refractivity contribution < 1.29 is 10.2 Å². The number of allylic oxidation sites excluding steroid dienone is 12. The molecule has 2 N–H and O–H groups in total. The molecule has 2 unspecified atom stereocenters. The zero-order chi connectivity index (χ0) is 28.5.